The van der Waals surface area contributed by atoms with E-state index >= 15 is 0 Å². The van der Waals surface area contributed by atoms with Gasteiger partial charge in [0.15, 0.2) is 29.3 Å². The fourth-order valence-electron chi connectivity index (χ4n) is 4.40. The third-order valence-corrected chi connectivity index (χ3v) is 8.18. The second-order valence-corrected chi connectivity index (χ2v) is 11.0. The molecule has 42 heavy (non-hydrogen) atoms. The number of sulfonamides is 1. The molecule has 228 valence electrons. The van der Waals surface area contributed by atoms with Crippen LogP contribution in [0.3, 0.4) is 0 Å². The van der Waals surface area contributed by atoms with Crippen molar-refractivity contribution in [2.75, 3.05) is 31.9 Å². The predicted octanol–water partition coefficient (Wildman–Crippen LogP) is -0.131. The van der Waals surface area contributed by atoms with Gasteiger partial charge in [-0.05, 0) is 25.7 Å². The largest absolute Gasteiger partial charge is 0.387 e. The van der Waals surface area contributed by atoms with Crippen molar-refractivity contribution < 1.29 is 32.1 Å². The van der Waals surface area contributed by atoms with Gasteiger partial charge in [0.2, 0.25) is 10.5 Å². The zero-order chi connectivity index (χ0) is 30.8. The molecule has 15 nitrogen and oxygen atoms in total. The number of hydrogen-bond acceptors (Lipinski definition) is 12. The molecule has 4 atom stereocenters. The first-order chi connectivity index (χ1) is 19.9. The summed E-state index contributed by atoms with van der Waals surface area (Å²) in [6.07, 6.45) is -3.06. The Labute approximate surface area is 238 Å². The topological polar surface area (TPSA) is 214 Å². The van der Waals surface area contributed by atoms with Crippen LogP contribution < -0.4 is 15.9 Å². The number of rotatable bonds is 8. The van der Waals surface area contributed by atoms with E-state index in [2.05, 4.69) is 55.5 Å². The fourth-order valence-corrected chi connectivity index (χ4v) is 5.44. The number of ether oxygens (including phenoxy) is 1. The molecule has 0 bridgehead atoms. The number of anilines is 1. The van der Waals surface area contributed by atoms with E-state index in [9.17, 15) is 32.2 Å². The lowest BCUT2D eigenvalue weighted by Crippen LogP contribution is -2.41. The Morgan fingerprint density at radius 1 is 1.10 bits per heavy atom. The van der Waals surface area contributed by atoms with Gasteiger partial charge in [-0.25, -0.2) is 36.9 Å². The zero-order valence-electron chi connectivity index (χ0n) is 22.9. The maximum Gasteiger partial charge on any atom is 0.263 e. The molecule has 0 amide bonds. The van der Waals surface area contributed by atoms with Crippen LogP contribution in [0, 0.1) is 11.6 Å². The van der Waals surface area contributed by atoms with Crippen molar-refractivity contribution in [3.05, 3.63) is 46.6 Å². The molecule has 1 aliphatic heterocycles. The minimum Gasteiger partial charge on any atom is -0.387 e. The minimum absolute atomic E-state index is 0.0850. The van der Waals surface area contributed by atoms with Crippen LogP contribution in [-0.4, -0.2) is 97.7 Å². The quantitative estimate of drug-likeness (QED) is 0.176. The van der Waals surface area contributed by atoms with Crippen LogP contribution in [0.4, 0.5) is 14.6 Å². The maximum atomic E-state index is 13.6. The van der Waals surface area contributed by atoms with E-state index in [0.29, 0.717) is 12.1 Å². The van der Waals surface area contributed by atoms with Crippen LogP contribution >= 0.6 is 0 Å². The molecule has 6 N–H and O–H groups in total. The number of imidazole rings is 1. The monoisotopic (exact) mass is 611 g/mol. The number of H-pyrrole nitrogens is 1. The van der Waals surface area contributed by atoms with E-state index in [4.69, 9.17) is 10.5 Å². The molecule has 4 aromatic rings. The van der Waals surface area contributed by atoms with Crippen molar-refractivity contribution in [2.45, 2.75) is 50.3 Å². The summed E-state index contributed by atoms with van der Waals surface area (Å²) in [5.41, 5.74) is 4.82. The number of nitrogen functional groups attached to an aromatic ring is 1. The molecule has 4 heterocycles. The number of nitrogens with one attached hydrogen (secondary N) is 2. The Morgan fingerprint density at radius 2 is 1.76 bits per heavy atom. The molecule has 0 aliphatic carbocycles. The second kappa shape index (κ2) is 12.7. The molecule has 0 spiro atoms. The summed E-state index contributed by atoms with van der Waals surface area (Å²) in [4.78, 5) is 26.8. The van der Waals surface area contributed by atoms with Gasteiger partial charge in [0.05, 0.1) is 17.2 Å². The third-order valence-electron chi connectivity index (χ3n) is 6.85. The first-order valence-electron chi connectivity index (χ1n) is 13.0. The van der Waals surface area contributed by atoms with Crippen molar-refractivity contribution in [3.8, 4) is 0 Å². The van der Waals surface area contributed by atoms with Gasteiger partial charge in [0.1, 0.15) is 30.2 Å². The summed E-state index contributed by atoms with van der Waals surface area (Å²) in [5.74, 6) is -2.50. The van der Waals surface area contributed by atoms with Crippen LogP contribution in [0.1, 0.15) is 27.0 Å². The molecule has 1 saturated heterocycles. The van der Waals surface area contributed by atoms with Crippen LogP contribution in [0.2, 0.25) is 0 Å². The Kier molecular flexibility index (Phi) is 9.43. The van der Waals surface area contributed by atoms with Gasteiger partial charge in [0, 0.05) is 12.6 Å². The van der Waals surface area contributed by atoms with Gasteiger partial charge in [-0.3, -0.25) is 14.5 Å². The number of aliphatic hydroxyl groups is 2. The number of aromatic nitrogens is 6. The highest BCUT2D eigenvalue weighted by Gasteiger charge is 2.44. The Hall–Kier alpha value is -3.68. The van der Waals surface area contributed by atoms with Crippen molar-refractivity contribution >= 4 is 37.9 Å². The summed E-state index contributed by atoms with van der Waals surface area (Å²) in [7, 11) is -4.60. The number of nitrogens with zero attached hydrogens (tertiary/aromatic N) is 6. The minimum atomic E-state index is -4.60. The molecule has 3 aromatic heterocycles. The van der Waals surface area contributed by atoms with Gasteiger partial charge in [-0.2, -0.15) is 5.10 Å². The standard InChI is InChI=1S/C18H16F2N8O6S.C6H15N/c19-7-1-6-9(2-8(7)20)26-27-17(12(6)29)35(32,33)25-3-10-13(30)14(31)18(34-10)28-5-24-11-15(21)22-4-23-16(11)28;1-4-7(5-2)6-3/h1-2,4-5,10,13-14,18,25,30-31H,3H2,(H,26,29)(H2,21,22,23);4-6H2,1-3H3/t10-,13-,14-,18-;/m1./s1. The van der Waals surface area contributed by atoms with Gasteiger partial charge < -0.3 is 25.6 Å². The lowest BCUT2D eigenvalue weighted by molar-refractivity contribution is -0.0330. The predicted molar refractivity (Wildman–Crippen MR) is 147 cm³/mol. The lowest BCUT2D eigenvalue weighted by Gasteiger charge is -2.16. The molecular formula is C24H31F2N9O6S. The number of halogens is 2. The summed E-state index contributed by atoms with van der Waals surface area (Å²) >= 11 is 0. The molecule has 0 radical (unpaired) electrons. The average molecular weight is 612 g/mol. The second-order valence-electron chi connectivity index (χ2n) is 9.27. The molecule has 1 fully saturated rings. The number of nitrogens with two attached hydrogens (primary N) is 1. The summed E-state index contributed by atoms with van der Waals surface area (Å²) < 4.78 is 61.4. The first kappa shape index (κ1) is 31.3. The van der Waals surface area contributed by atoms with Crippen LogP contribution in [0.5, 0.6) is 0 Å². The molecule has 1 aromatic carbocycles. The van der Waals surface area contributed by atoms with Crippen molar-refractivity contribution in [3.63, 3.8) is 0 Å². The molecule has 0 unspecified atom stereocenters. The molecule has 18 heteroatoms. The Balaban J connectivity index is 0.000000517. The Morgan fingerprint density at radius 3 is 2.40 bits per heavy atom. The number of hydrogen-bond donors (Lipinski definition) is 5. The summed E-state index contributed by atoms with van der Waals surface area (Å²) in [6, 6.07) is 1.23. The van der Waals surface area contributed by atoms with E-state index in [1.165, 1.54) is 36.9 Å². The number of aromatic amines is 1. The van der Waals surface area contributed by atoms with E-state index < -0.39 is 68.6 Å². The van der Waals surface area contributed by atoms with Gasteiger partial charge in [0.25, 0.3) is 10.0 Å². The van der Waals surface area contributed by atoms with Gasteiger partial charge in [-0.15, -0.1) is 0 Å². The Bertz CT molecular complexity index is 1730. The maximum absolute atomic E-state index is 13.6. The fraction of sp³-hybridized carbons (Fsp3) is 0.458. The van der Waals surface area contributed by atoms with E-state index in [-0.39, 0.29) is 22.5 Å². The zero-order valence-corrected chi connectivity index (χ0v) is 23.7. The SMILES string of the molecule is CCN(CC)CC.Nc1ncnc2c1ncn2[C@@H]1O[C@H](CNS(=O)(=O)c2n[nH]c3cc(F)c(F)cc3c2=O)[C@@H](O)[C@H]1O. The lowest BCUT2D eigenvalue weighted by atomic mass is 10.1. The molecule has 1 aliphatic rings. The van der Waals surface area contributed by atoms with E-state index in [1.54, 1.807) is 0 Å². The molecule has 0 saturated carbocycles. The number of benzene rings is 1. The van der Waals surface area contributed by atoms with Crippen LogP contribution in [0.15, 0.2) is 34.6 Å². The normalized spacial score (nSPS) is 20.8. The first-order valence-corrected chi connectivity index (χ1v) is 14.5. The molecule has 5 rings (SSSR count). The average Bonchev–Trinajstić information content (AvgIpc) is 3.51. The third kappa shape index (κ3) is 6.08. The van der Waals surface area contributed by atoms with E-state index in [0.717, 1.165) is 0 Å². The van der Waals surface area contributed by atoms with Crippen molar-refractivity contribution in [2.24, 2.45) is 0 Å². The van der Waals surface area contributed by atoms with Crippen LogP contribution in [-0.2, 0) is 14.8 Å². The highest BCUT2D eigenvalue weighted by Crippen LogP contribution is 2.31. The van der Waals surface area contributed by atoms with Crippen LogP contribution in [0.25, 0.3) is 22.1 Å². The number of fused-ring (bicyclic) bond motifs is 2. The van der Waals surface area contributed by atoms with E-state index in [1.807, 2.05) is 0 Å². The van der Waals surface area contributed by atoms with Crippen molar-refractivity contribution in [1.29, 1.82) is 0 Å². The summed E-state index contributed by atoms with van der Waals surface area (Å²) in [5, 5.41) is 25.1. The van der Waals surface area contributed by atoms with Gasteiger partial charge in [-0.1, -0.05) is 20.8 Å². The smallest absolute Gasteiger partial charge is 0.263 e. The van der Waals surface area contributed by atoms with Crippen molar-refractivity contribution in [1.82, 2.24) is 39.3 Å². The molecular weight excluding hydrogens is 580 g/mol. The highest BCUT2D eigenvalue weighted by molar-refractivity contribution is 7.89. The highest BCUT2D eigenvalue weighted by atomic mass is 32.2. The summed E-state index contributed by atoms with van der Waals surface area (Å²) in [6.45, 7) is 9.55. The number of aliphatic hydroxyl groups excluding tert-OH is 2. The van der Waals surface area contributed by atoms with Gasteiger partial charge >= 0.3 is 0 Å².